The molecule has 0 bridgehead atoms. The van der Waals surface area contributed by atoms with Gasteiger partial charge in [0.15, 0.2) is 0 Å². The number of nitrogens with one attached hydrogen (secondary N) is 1. The Labute approximate surface area is 513 Å². The zero-order valence-electron chi connectivity index (χ0n) is 55.5. The van der Waals surface area contributed by atoms with Crippen LogP contribution in [0.15, 0.2) is 36.5 Å². The third-order valence-corrected chi connectivity index (χ3v) is 17.4. The number of allylic oxidation sites excluding steroid dienone is 5. The average Bonchev–Trinajstić information content (AvgIpc) is 3.48. The number of hydrogen-bond donors (Lipinski definition) is 3. The van der Waals surface area contributed by atoms with E-state index in [-0.39, 0.29) is 18.5 Å². The van der Waals surface area contributed by atoms with Crippen molar-refractivity contribution < 1.29 is 24.5 Å². The Balaban J connectivity index is 3.35. The summed E-state index contributed by atoms with van der Waals surface area (Å²) in [5.41, 5.74) is 0. The van der Waals surface area contributed by atoms with Crippen LogP contribution in [0.5, 0.6) is 0 Å². The van der Waals surface area contributed by atoms with Gasteiger partial charge in [-0.2, -0.15) is 0 Å². The zero-order chi connectivity index (χ0) is 59.2. The highest BCUT2D eigenvalue weighted by Crippen LogP contribution is 2.19. The fraction of sp³-hybridized carbons (Fsp3) is 0.895. The third kappa shape index (κ3) is 67.2. The number of unbranched alkanes of at least 4 members (excludes halogenated alkanes) is 55. The molecule has 0 saturated carbocycles. The van der Waals surface area contributed by atoms with Crippen LogP contribution in [0.2, 0.25) is 0 Å². The molecule has 0 aromatic rings. The van der Waals surface area contributed by atoms with E-state index < -0.39 is 12.1 Å². The maximum Gasteiger partial charge on any atom is 0.305 e. The second kappa shape index (κ2) is 71.6. The summed E-state index contributed by atoms with van der Waals surface area (Å²) >= 11 is 0. The first-order valence-electron chi connectivity index (χ1n) is 37.3. The topological polar surface area (TPSA) is 95.9 Å². The molecule has 82 heavy (non-hydrogen) atoms. The second-order valence-corrected chi connectivity index (χ2v) is 25.6. The number of aliphatic hydroxyl groups is 2. The lowest BCUT2D eigenvalue weighted by atomic mass is 10.0. The van der Waals surface area contributed by atoms with Crippen molar-refractivity contribution in [2.24, 2.45) is 0 Å². The Bertz CT molecular complexity index is 1330. The van der Waals surface area contributed by atoms with Gasteiger partial charge in [-0.3, -0.25) is 9.59 Å². The molecule has 0 saturated heterocycles. The second-order valence-electron chi connectivity index (χ2n) is 25.6. The minimum absolute atomic E-state index is 0.0124. The molecule has 0 aromatic carbocycles. The van der Waals surface area contributed by atoms with Gasteiger partial charge >= 0.3 is 5.97 Å². The fourth-order valence-electron chi connectivity index (χ4n) is 11.7. The number of carbonyl (C=O) groups excluding carboxylic acids is 2. The van der Waals surface area contributed by atoms with Crippen LogP contribution in [0.3, 0.4) is 0 Å². The molecule has 0 aliphatic heterocycles. The predicted octanol–water partition coefficient (Wildman–Crippen LogP) is 24.3. The summed E-state index contributed by atoms with van der Waals surface area (Å²) in [5, 5.41) is 23.2. The number of rotatable bonds is 70. The SMILES string of the molecule is CCCCCC/C=C\C/C=C\CCCCCCCCCC(=O)OCCCCCCCCCCCCCCCCCCCCCCCCCCCCCCCC(=O)NC(CO)C(O)/C=C/CCCCCCCCCCCCCCCCCC. The monoisotopic (exact) mass is 1150 g/mol. The van der Waals surface area contributed by atoms with E-state index >= 15 is 0 Å². The Morgan fingerprint density at radius 1 is 0.341 bits per heavy atom. The number of esters is 1. The first kappa shape index (κ1) is 80.1. The zero-order valence-corrected chi connectivity index (χ0v) is 55.5. The van der Waals surface area contributed by atoms with Crippen molar-refractivity contribution in [3.8, 4) is 0 Å². The summed E-state index contributed by atoms with van der Waals surface area (Å²) in [4.78, 5) is 24.6. The van der Waals surface area contributed by atoms with Gasteiger partial charge in [-0.05, 0) is 64.2 Å². The lowest BCUT2D eigenvalue weighted by Crippen LogP contribution is -2.45. The van der Waals surface area contributed by atoms with E-state index in [2.05, 4.69) is 43.5 Å². The van der Waals surface area contributed by atoms with Gasteiger partial charge in [-0.25, -0.2) is 0 Å². The van der Waals surface area contributed by atoms with Gasteiger partial charge in [0.25, 0.3) is 0 Å². The van der Waals surface area contributed by atoms with Crippen molar-refractivity contribution in [2.45, 2.75) is 424 Å². The molecular weight excluding hydrogens is 1010 g/mol. The van der Waals surface area contributed by atoms with Crippen LogP contribution in [0, 0.1) is 0 Å². The van der Waals surface area contributed by atoms with Gasteiger partial charge < -0.3 is 20.3 Å². The summed E-state index contributed by atoms with van der Waals surface area (Å²) in [5.74, 6) is -0.0487. The van der Waals surface area contributed by atoms with Gasteiger partial charge in [0, 0.05) is 12.8 Å². The first-order valence-corrected chi connectivity index (χ1v) is 37.3. The molecule has 0 aliphatic rings. The molecule has 0 aromatic heterocycles. The molecule has 0 rings (SSSR count). The molecule has 0 heterocycles. The van der Waals surface area contributed by atoms with Gasteiger partial charge in [-0.15, -0.1) is 0 Å². The number of carbonyl (C=O) groups is 2. The maximum absolute atomic E-state index is 12.5. The molecule has 2 atom stereocenters. The first-order chi connectivity index (χ1) is 40.5. The van der Waals surface area contributed by atoms with Gasteiger partial charge in [0.2, 0.25) is 5.91 Å². The summed E-state index contributed by atoms with van der Waals surface area (Å²) in [7, 11) is 0. The van der Waals surface area contributed by atoms with E-state index in [0.29, 0.717) is 19.4 Å². The smallest absolute Gasteiger partial charge is 0.305 e. The summed E-state index contributed by atoms with van der Waals surface area (Å²) in [6, 6.07) is -0.626. The van der Waals surface area contributed by atoms with E-state index in [0.717, 1.165) is 51.4 Å². The van der Waals surface area contributed by atoms with Crippen molar-refractivity contribution in [2.75, 3.05) is 13.2 Å². The lowest BCUT2D eigenvalue weighted by Gasteiger charge is -2.20. The Kier molecular flexibility index (Phi) is 69.9. The van der Waals surface area contributed by atoms with Crippen LogP contribution in [-0.2, 0) is 14.3 Å². The largest absolute Gasteiger partial charge is 0.466 e. The van der Waals surface area contributed by atoms with Crippen molar-refractivity contribution in [3.63, 3.8) is 0 Å². The molecule has 3 N–H and O–H groups in total. The molecular formula is C76H145NO5. The lowest BCUT2D eigenvalue weighted by molar-refractivity contribution is -0.143. The van der Waals surface area contributed by atoms with Crippen LogP contribution >= 0.6 is 0 Å². The van der Waals surface area contributed by atoms with Crippen molar-refractivity contribution in [1.29, 1.82) is 0 Å². The van der Waals surface area contributed by atoms with Crippen LogP contribution in [-0.4, -0.2) is 47.4 Å². The number of amides is 1. The van der Waals surface area contributed by atoms with E-state index in [1.165, 1.54) is 334 Å². The number of aliphatic hydroxyl groups excluding tert-OH is 2. The molecule has 0 radical (unpaired) electrons. The van der Waals surface area contributed by atoms with Crippen LogP contribution < -0.4 is 5.32 Å². The molecule has 484 valence electrons. The summed E-state index contributed by atoms with van der Waals surface area (Å²) in [6.07, 6.45) is 92.4. The number of hydrogen-bond acceptors (Lipinski definition) is 5. The normalized spacial score (nSPS) is 12.7. The van der Waals surface area contributed by atoms with Crippen molar-refractivity contribution in [1.82, 2.24) is 5.32 Å². The van der Waals surface area contributed by atoms with E-state index in [1.54, 1.807) is 6.08 Å². The van der Waals surface area contributed by atoms with Gasteiger partial charge in [0.05, 0.1) is 25.4 Å². The molecule has 0 spiro atoms. The van der Waals surface area contributed by atoms with Crippen LogP contribution in [0.25, 0.3) is 0 Å². The Morgan fingerprint density at radius 2 is 0.610 bits per heavy atom. The molecule has 0 aliphatic carbocycles. The highest BCUT2D eigenvalue weighted by molar-refractivity contribution is 5.76. The van der Waals surface area contributed by atoms with Crippen molar-refractivity contribution in [3.05, 3.63) is 36.5 Å². The average molecular weight is 1150 g/mol. The summed E-state index contributed by atoms with van der Waals surface area (Å²) < 4.78 is 5.51. The summed E-state index contributed by atoms with van der Waals surface area (Å²) in [6.45, 7) is 4.92. The third-order valence-electron chi connectivity index (χ3n) is 17.4. The minimum Gasteiger partial charge on any atom is -0.466 e. The van der Waals surface area contributed by atoms with Crippen LogP contribution in [0.1, 0.15) is 412 Å². The molecule has 0 fully saturated rings. The maximum atomic E-state index is 12.5. The Hall–Kier alpha value is -1.92. The van der Waals surface area contributed by atoms with E-state index in [9.17, 15) is 19.8 Å². The van der Waals surface area contributed by atoms with Crippen molar-refractivity contribution >= 4 is 11.9 Å². The standard InChI is InChI=1S/C76H145NO5/c1-3-5-7-9-11-13-15-17-19-21-36-40-44-48-52-56-60-64-68-74(79)73(72-78)77-75(80)69-65-61-57-53-49-45-41-37-34-32-30-28-26-24-23-25-27-29-31-33-35-39-43-47-51-55-59-63-67-71-82-76(81)70-66-62-58-54-50-46-42-38-22-20-18-16-14-12-10-8-6-4-2/h14,16,20,22,64,68,73-74,78-79H,3-13,15,17-19,21,23-63,65-67,69-72H2,1-2H3,(H,77,80)/b16-14-,22-20-,68-64+. The quantitative estimate of drug-likeness (QED) is 0.0320. The van der Waals surface area contributed by atoms with Gasteiger partial charge in [0.1, 0.15) is 0 Å². The predicted molar refractivity (Wildman–Crippen MR) is 361 cm³/mol. The van der Waals surface area contributed by atoms with E-state index in [4.69, 9.17) is 4.74 Å². The molecule has 6 nitrogen and oxygen atoms in total. The molecule has 2 unspecified atom stereocenters. The van der Waals surface area contributed by atoms with Gasteiger partial charge in [-0.1, -0.05) is 371 Å². The highest BCUT2D eigenvalue weighted by Gasteiger charge is 2.18. The number of ether oxygens (including phenoxy) is 1. The fourth-order valence-corrected chi connectivity index (χ4v) is 11.7. The van der Waals surface area contributed by atoms with E-state index in [1.807, 2.05) is 6.08 Å². The highest BCUT2D eigenvalue weighted by atomic mass is 16.5. The van der Waals surface area contributed by atoms with Crippen LogP contribution in [0.4, 0.5) is 0 Å². The molecule has 1 amide bonds. The molecule has 6 heteroatoms. The Morgan fingerprint density at radius 3 is 0.939 bits per heavy atom. The minimum atomic E-state index is -0.843.